The van der Waals surface area contributed by atoms with Gasteiger partial charge in [0, 0.05) is 11.5 Å². The summed E-state index contributed by atoms with van der Waals surface area (Å²) in [6.45, 7) is 2.37. The van der Waals surface area contributed by atoms with Crippen LogP contribution in [0.15, 0.2) is 30.5 Å². The lowest BCUT2D eigenvalue weighted by molar-refractivity contribution is -0.119. The number of carbonyl (C=O) groups excluding carboxylic acids is 1. The lowest BCUT2D eigenvalue weighted by Crippen LogP contribution is -2.22. The van der Waals surface area contributed by atoms with E-state index in [0.717, 1.165) is 21.3 Å². The highest BCUT2D eigenvalue weighted by atomic mass is 35.5. The highest BCUT2D eigenvalue weighted by Gasteiger charge is 2.14. The smallest absolute Gasteiger partial charge is 0.227 e. The second-order valence-electron chi connectivity index (χ2n) is 4.73. The third-order valence-electron chi connectivity index (χ3n) is 3.12. The largest absolute Gasteiger partial charge is 0.497 e. The molecule has 0 saturated carbocycles. The summed E-state index contributed by atoms with van der Waals surface area (Å²) in [7, 11) is 1.63. The minimum Gasteiger partial charge on any atom is -0.497 e. The molecule has 1 amide bonds. The zero-order chi connectivity index (χ0) is 15.2. The van der Waals surface area contributed by atoms with Gasteiger partial charge in [-0.25, -0.2) is 4.98 Å². The van der Waals surface area contributed by atoms with Gasteiger partial charge in [0.15, 0.2) is 0 Å². The molecule has 5 nitrogen and oxygen atoms in total. The minimum absolute atomic E-state index is 0. The summed E-state index contributed by atoms with van der Waals surface area (Å²) < 4.78 is 5.20. The Hall–Kier alpha value is -1.63. The molecule has 120 valence electrons. The molecule has 0 spiro atoms. The van der Waals surface area contributed by atoms with Crippen LogP contribution >= 0.6 is 23.7 Å². The summed E-state index contributed by atoms with van der Waals surface area (Å²) in [6, 6.07) is 7.68. The van der Waals surface area contributed by atoms with Crippen LogP contribution in [0.25, 0.3) is 10.6 Å². The van der Waals surface area contributed by atoms with Gasteiger partial charge in [-0.15, -0.1) is 12.4 Å². The Kier molecular flexibility index (Phi) is 7.31. The first kappa shape index (κ1) is 18.4. The number of halogens is 1. The molecule has 0 aliphatic rings. The van der Waals surface area contributed by atoms with Gasteiger partial charge in [0.2, 0.25) is 5.91 Å². The van der Waals surface area contributed by atoms with Crippen LogP contribution in [0, 0.1) is 5.92 Å². The van der Waals surface area contributed by atoms with E-state index in [2.05, 4.69) is 10.3 Å². The summed E-state index contributed by atoms with van der Waals surface area (Å²) in [5.74, 6) is 0.656. The van der Waals surface area contributed by atoms with Gasteiger partial charge in [0.1, 0.15) is 15.8 Å². The number of methoxy groups -OCH3 is 1. The number of aromatic nitrogens is 1. The summed E-state index contributed by atoms with van der Waals surface area (Å²) in [4.78, 5) is 16.3. The van der Waals surface area contributed by atoms with Crippen molar-refractivity contribution in [2.75, 3.05) is 19.0 Å². The van der Waals surface area contributed by atoms with E-state index in [9.17, 15) is 4.79 Å². The fourth-order valence-electron chi connectivity index (χ4n) is 1.85. The molecule has 2 rings (SSSR count). The van der Waals surface area contributed by atoms with Gasteiger partial charge in [-0.2, -0.15) is 0 Å². The Morgan fingerprint density at radius 3 is 2.95 bits per heavy atom. The Bertz CT molecular complexity index is 618. The number of ether oxygens (including phenoxy) is 1. The maximum Gasteiger partial charge on any atom is 0.227 e. The van der Waals surface area contributed by atoms with Gasteiger partial charge in [0.25, 0.3) is 0 Å². The second-order valence-corrected chi connectivity index (χ2v) is 5.76. The molecule has 0 fully saturated rings. The molecule has 0 saturated heterocycles. The number of carbonyl (C=O) groups is 1. The molecule has 0 radical (unpaired) electrons. The Labute approximate surface area is 140 Å². The highest BCUT2D eigenvalue weighted by Crippen LogP contribution is 2.30. The maximum absolute atomic E-state index is 11.9. The van der Waals surface area contributed by atoms with Crippen LogP contribution in [-0.4, -0.2) is 24.5 Å². The van der Waals surface area contributed by atoms with Crippen molar-refractivity contribution in [2.24, 2.45) is 11.7 Å². The number of hydrogen-bond acceptors (Lipinski definition) is 5. The van der Waals surface area contributed by atoms with Crippen molar-refractivity contribution in [3.8, 4) is 16.3 Å². The van der Waals surface area contributed by atoms with E-state index in [4.69, 9.17) is 10.5 Å². The third-order valence-corrected chi connectivity index (χ3v) is 4.08. The molecule has 1 aromatic carbocycles. The molecule has 3 N–H and O–H groups in total. The monoisotopic (exact) mass is 341 g/mol. The second kappa shape index (κ2) is 8.73. The van der Waals surface area contributed by atoms with Crippen molar-refractivity contribution >= 4 is 34.7 Å². The Balaban J connectivity index is 0.00000242. The molecule has 22 heavy (non-hydrogen) atoms. The van der Waals surface area contributed by atoms with Gasteiger partial charge in [-0.05, 0) is 25.1 Å². The van der Waals surface area contributed by atoms with Crippen LogP contribution in [0.3, 0.4) is 0 Å². The van der Waals surface area contributed by atoms with Crippen LogP contribution < -0.4 is 15.8 Å². The van der Waals surface area contributed by atoms with Gasteiger partial charge >= 0.3 is 0 Å². The van der Waals surface area contributed by atoms with E-state index < -0.39 is 0 Å². The average Bonchev–Trinajstić information content (AvgIpc) is 2.96. The zero-order valence-corrected chi connectivity index (χ0v) is 14.2. The number of benzene rings is 1. The fourth-order valence-corrected chi connectivity index (χ4v) is 2.66. The molecule has 1 atom stereocenters. The average molecular weight is 342 g/mol. The molecule has 0 aliphatic carbocycles. The molecule has 0 bridgehead atoms. The van der Waals surface area contributed by atoms with Crippen LogP contribution in [0.4, 0.5) is 5.00 Å². The topological polar surface area (TPSA) is 77.2 Å². The lowest BCUT2D eigenvalue weighted by Gasteiger charge is -2.08. The van der Waals surface area contributed by atoms with Gasteiger partial charge < -0.3 is 15.8 Å². The van der Waals surface area contributed by atoms with E-state index in [0.29, 0.717) is 13.0 Å². The summed E-state index contributed by atoms with van der Waals surface area (Å²) >= 11 is 1.44. The van der Waals surface area contributed by atoms with E-state index in [1.165, 1.54) is 11.3 Å². The number of nitrogens with zero attached hydrogens (tertiary/aromatic N) is 1. The lowest BCUT2D eigenvalue weighted by atomic mass is 10.1. The molecule has 2 aromatic rings. The van der Waals surface area contributed by atoms with Gasteiger partial charge in [0.05, 0.1) is 13.3 Å². The van der Waals surface area contributed by atoms with E-state index in [1.54, 1.807) is 13.3 Å². The van der Waals surface area contributed by atoms with Crippen molar-refractivity contribution in [1.82, 2.24) is 4.98 Å². The summed E-state index contributed by atoms with van der Waals surface area (Å²) in [5, 5.41) is 4.46. The van der Waals surface area contributed by atoms with E-state index in [-0.39, 0.29) is 24.2 Å². The van der Waals surface area contributed by atoms with Crippen LogP contribution in [0.2, 0.25) is 0 Å². The normalized spacial score (nSPS) is 11.4. The Morgan fingerprint density at radius 2 is 2.27 bits per heavy atom. The number of amides is 1. The molecule has 1 unspecified atom stereocenters. The molecule has 7 heteroatoms. The quantitative estimate of drug-likeness (QED) is 0.846. The minimum atomic E-state index is -0.0997. The SMILES string of the molecule is COc1cccc(-c2ncc(NC(=O)C(C)CCN)s2)c1.Cl. The van der Waals surface area contributed by atoms with E-state index >= 15 is 0 Å². The first-order valence-electron chi connectivity index (χ1n) is 6.75. The first-order chi connectivity index (χ1) is 10.1. The zero-order valence-electron chi connectivity index (χ0n) is 12.5. The number of hydrogen-bond donors (Lipinski definition) is 2. The predicted molar refractivity (Wildman–Crippen MR) is 92.8 cm³/mol. The van der Waals surface area contributed by atoms with Crippen molar-refractivity contribution < 1.29 is 9.53 Å². The molecule has 1 heterocycles. The van der Waals surface area contributed by atoms with Crippen LogP contribution in [0.1, 0.15) is 13.3 Å². The fraction of sp³-hybridized carbons (Fsp3) is 0.333. The Morgan fingerprint density at radius 1 is 1.50 bits per heavy atom. The maximum atomic E-state index is 11.9. The summed E-state index contributed by atoms with van der Waals surface area (Å²) in [5.41, 5.74) is 6.43. The molecule has 1 aromatic heterocycles. The van der Waals surface area contributed by atoms with Gasteiger partial charge in [-0.3, -0.25) is 4.79 Å². The van der Waals surface area contributed by atoms with Crippen molar-refractivity contribution in [3.05, 3.63) is 30.5 Å². The van der Waals surface area contributed by atoms with E-state index in [1.807, 2.05) is 31.2 Å². The number of nitrogens with one attached hydrogen (secondary N) is 1. The third kappa shape index (κ3) is 4.69. The van der Waals surface area contributed by atoms with Gasteiger partial charge in [-0.1, -0.05) is 30.4 Å². The van der Waals surface area contributed by atoms with Crippen LogP contribution in [0.5, 0.6) is 5.75 Å². The van der Waals surface area contributed by atoms with Crippen molar-refractivity contribution in [3.63, 3.8) is 0 Å². The first-order valence-corrected chi connectivity index (χ1v) is 7.57. The highest BCUT2D eigenvalue weighted by molar-refractivity contribution is 7.19. The van der Waals surface area contributed by atoms with Crippen molar-refractivity contribution in [2.45, 2.75) is 13.3 Å². The van der Waals surface area contributed by atoms with Crippen LogP contribution in [-0.2, 0) is 4.79 Å². The number of anilines is 1. The molecular formula is C15H20ClN3O2S. The number of thiazole rings is 1. The summed E-state index contributed by atoms with van der Waals surface area (Å²) in [6.07, 6.45) is 2.35. The molecule has 0 aliphatic heterocycles. The molecular weight excluding hydrogens is 322 g/mol. The predicted octanol–water partition coefficient (Wildman–Crippen LogP) is 3.16. The number of nitrogens with two attached hydrogens (primary N) is 1. The van der Waals surface area contributed by atoms with Crippen molar-refractivity contribution in [1.29, 1.82) is 0 Å². The number of rotatable bonds is 6. The standard InChI is InChI=1S/C15H19N3O2S.ClH/c1-10(6-7-16)14(19)18-13-9-17-15(21-13)11-4-3-5-12(8-11)20-2;/h3-5,8-10H,6-7,16H2,1-2H3,(H,18,19);1H.